The van der Waals surface area contributed by atoms with Crippen molar-refractivity contribution in [3.8, 4) is 11.4 Å². The normalized spacial score (nSPS) is 11.2. The average Bonchev–Trinajstić information content (AvgIpc) is 2.94. The third-order valence-corrected chi connectivity index (χ3v) is 4.82. The minimum Gasteiger partial charge on any atom is -0.300 e. The van der Waals surface area contributed by atoms with E-state index < -0.39 is 0 Å². The Morgan fingerprint density at radius 1 is 1.12 bits per heavy atom. The zero-order valence-electron chi connectivity index (χ0n) is 15.6. The molecular weight excluding hydrogens is 342 g/mol. The summed E-state index contributed by atoms with van der Waals surface area (Å²) in [5, 5.41) is 4.81. The summed E-state index contributed by atoms with van der Waals surface area (Å²) in [4.78, 5) is 6.34. The molecule has 3 aromatic rings. The molecule has 0 saturated carbocycles. The third kappa shape index (κ3) is 4.08. The lowest BCUT2D eigenvalue weighted by Crippen LogP contribution is -2.23. The molecule has 0 amide bonds. The Morgan fingerprint density at radius 3 is 2.54 bits per heavy atom. The number of hydrogen-bond donors (Lipinski definition) is 0. The molecule has 0 unspecified atom stereocenters. The van der Waals surface area contributed by atoms with Gasteiger partial charge in [0.2, 0.25) is 0 Å². The van der Waals surface area contributed by atoms with Crippen molar-refractivity contribution < 1.29 is 0 Å². The first-order chi connectivity index (χ1) is 12.6. The van der Waals surface area contributed by atoms with Crippen LogP contribution in [-0.2, 0) is 19.8 Å². The summed E-state index contributed by atoms with van der Waals surface area (Å²) >= 11 is 5.71. The second-order valence-corrected chi connectivity index (χ2v) is 6.94. The predicted octanol–water partition coefficient (Wildman–Crippen LogP) is 4.28. The molecule has 0 aliphatic carbocycles. The van der Waals surface area contributed by atoms with Crippen molar-refractivity contribution in [3.63, 3.8) is 0 Å². The van der Waals surface area contributed by atoms with E-state index >= 15 is 0 Å². The van der Waals surface area contributed by atoms with Gasteiger partial charge in [0, 0.05) is 31.0 Å². The predicted molar refractivity (Wildman–Crippen MR) is 107 cm³/mol. The van der Waals surface area contributed by atoms with Gasteiger partial charge in [-0.25, -0.2) is 4.68 Å². The molecule has 0 N–H and O–H groups in total. The zero-order chi connectivity index (χ0) is 18.5. The van der Waals surface area contributed by atoms with Crippen LogP contribution in [-0.4, -0.2) is 31.3 Å². The summed E-state index contributed by atoms with van der Waals surface area (Å²) in [5.74, 6) is 0.906. The summed E-state index contributed by atoms with van der Waals surface area (Å²) in [6.07, 6.45) is 4.59. The lowest BCUT2D eigenvalue weighted by Gasteiger charge is -2.17. The van der Waals surface area contributed by atoms with E-state index in [9.17, 15) is 0 Å². The molecule has 2 aromatic heterocycles. The molecule has 0 bridgehead atoms. The molecule has 0 fully saturated rings. The summed E-state index contributed by atoms with van der Waals surface area (Å²) in [7, 11) is 2.10. The zero-order valence-corrected chi connectivity index (χ0v) is 16.4. The highest BCUT2D eigenvalue weighted by Gasteiger charge is 2.13. The highest BCUT2D eigenvalue weighted by Crippen LogP contribution is 2.18. The van der Waals surface area contributed by atoms with Gasteiger partial charge in [-0.1, -0.05) is 31.2 Å². The van der Waals surface area contributed by atoms with Crippen LogP contribution in [0.5, 0.6) is 0 Å². The molecule has 2 heterocycles. The van der Waals surface area contributed by atoms with Crippen molar-refractivity contribution in [1.29, 1.82) is 0 Å². The molecule has 136 valence electrons. The SMILES string of the molecule is CCCn1c(-c2ccncc2)nn(CN(C)Cc2ccccc2C)c1=S. The second-order valence-electron chi connectivity index (χ2n) is 6.58. The molecule has 26 heavy (non-hydrogen) atoms. The summed E-state index contributed by atoms with van der Waals surface area (Å²) in [6, 6.07) is 12.4. The molecular formula is C20H25N5S. The van der Waals surface area contributed by atoms with Gasteiger partial charge in [-0.2, -0.15) is 5.10 Å². The van der Waals surface area contributed by atoms with Gasteiger partial charge in [-0.15, -0.1) is 0 Å². The third-order valence-electron chi connectivity index (χ3n) is 4.39. The van der Waals surface area contributed by atoms with E-state index in [-0.39, 0.29) is 0 Å². The Kier molecular flexibility index (Phi) is 5.96. The fraction of sp³-hybridized carbons (Fsp3) is 0.350. The van der Waals surface area contributed by atoms with Gasteiger partial charge in [0.15, 0.2) is 10.6 Å². The van der Waals surface area contributed by atoms with Crippen molar-refractivity contribution in [2.45, 2.75) is 40.0 Å². The van der Waals surface area contributed by atoms with Crippen LogP contribution in [0, 0.1) is 11.7 Å². The number of nitrogens with zero attached hydrogens (tertiary/aromatic N) is 5. The Labute approximate surface area is 159 Å². The van der Waals surface area contributed by atoms with Crippen molar-refractivity contribution in [3.05, 3.63) is 64.7 Å². The molecule has 3 rings (SSSR count). The molecule has 5 nitrogen and oxygen atoms in total. The van der Waals surface area contributed by atoms with Crippen LogP contribution >= 0.6 is 12.2 Å². The van der Waals surface area contributed by atoms with E-state index in [1.807, 2.05) is 16.8 Å². The number of aryl methyl sites for hydroxylation is 1. The van der Waals surface area contributed by atoms with Gasteiger partial charge in [0.1, 0.15) is 0 Å². The maximum absolute atomic E-state index is 5.71. The van der Waals surface area contributed by atoms with E-state index in [1.54, 1.807) is 12.4 Å². The summed E-state index contributed by atoms with van der Waals surface area (Å²) in [5.41, 5.74) is 3.67. The first kappa shape index (κ1) is 18.5. The fourth-order valence-corrected chi connectivity index (χ4v) is 3.31. The minimum absolute atomic E-state index is 0.655. The van der Waals surface area contributed by atoms with E-state index in [0.29, 0.717) is 6.67 Å². The van der Waals surface area contributed by atoms with Gasteiger partial charge in [0.05, 0.1) is 6.67 Å². The average molecular weight is 368 g/mol. The van der Waals surface area contributed by atoms with Gasteiger partial charge in [-0.05, 0) is 55.9 Å². The van der Waals surface area contributed by atoms with Crippen LogP contribution in [0.3, 0.4) is 0 Å². The molecule has 0 atom stereocenters. The van der Waals surface area contributed by atoms with Crippen LogP contribution in [0.2, 0.25) is 0 Å². The summed E-state index contributed by atoms with van der Waals surface area (Å²) in [6.45, 7) is 6.67. The quantitative estimate of drug-likeness (QED) is 0.584. The molecule has 0 spiro atoms. The smallest absolute Gasteiger partial charge is 0.199 e. The number of rotatable bonds is 7. The van der Waals surface area contributed by atoms with Gasteiger partial charge < -0.3 is 0 Å². The minimum atomic E-state index is 0.655. The van der Waals surface area contributed by atoms with Crippen molar-refractivity contribution in [2.75, 3.05) is 7.05 Å². The maximum Gasteiger partial charge on any atom is 0.199 e. The topological polar surface area (TPSA) is 38.9 Å². The monoisotopic (exact) mass is 367 g/mol. The Bertz CT molecular complexity index is 913. The van der Waals surface area contributed by atoms with E-state index in [0.717, 1.165) is 35.7 Å². The largest absolute Gasteiger partial charge is 0.300 e. The summed E-state index contributed by atoms with van der Waals surface area (Å²) < 4.78 is 4.79. The molecule has 0 saturated heterocycles. The first-order valence-corrected chi connectivity index (χ1v) is 9.32. The number of hydrogen-bond acceptors (Lipinski definition) is 4. The molecule has 0 aliphatic heterocycles. The van der Waals surface area contributed by atoms with Crippen LogP contribution < -0.4 is 0 Å². The first-order valence-electron chi connectivity index (χ1n) is 8.91. The van der Waals surface area contributed by atoms with E-state index in [1.165, 1.54) is 11.1 Å². The second kappa shape index (κ2) is 8.38. The van der Waals surface area contributed by atoms with Gasteiger partial charge in [-0.3, -0.25) is 14.5 Å². The molecule has 6 heteroatoms. The van der Waals surface area contributed by atoms with Crippen LogP contribution in [0.15, 0.2) is 48.8 Å². The van der Waals surface area contributed by atoms with Gasteiger partial charge >= 0.3 is 0 Å². The highest BCUT2D eigenvalue weighted by atomic mass is 32.1. The van der Waals surface area contributed by atoms with E-state index in [4.69, 9.17) is 17.3 Å². The molecule has 0 aliphatic rings. The van der Waals surface area contributed by atoms with E-state index in [2.05, 4.69) is 59.6 Å². The van der Waals surface area contributed by atoms with Crippen LogP contribution in [0.25, 0.3) is 11.4 Å². The number of aromatic nitrogens is 4. The van der Waals surface area contributed by atoms with Crippen LogP contribution in [0.4, 0.5) is 0 Å². The standard InChI is InChI=1S/C20H25N5S/c1-4-13-24-19(17-9-11-21-12-10-17)22-25(20(24)26)15-23(3)14-18-8-6-5-7-16(18)2/h5-12H,4,13-15H2,1-3H3. The lowest BCUT2D eigenvalue weighted by atomic mass is 10.1. The fourth-order valence-electron chi connectivity index (χ4n) is 3.03. The maximum atomic E-state index is 5.71. The number of pyridine rings is 1. The van der Waals surface area contributed by atoms with Crippen molar-refractivity contribution in [1.82, 2.24) is 24.2 Å². The van der Waals surface area contributed by atoms with Crippen molar-refractivity contribution in [2.24, 2.45) is 0 Å². The molecule has 1 aromatic carbocycles. The Balaban J connectivity index is 1.86. The van der Waals surface area contributed by atoms with Crippen molar-refractivity contribution >= 4 is 12.2 Å². The Hall–Kier alpha value is -2.31. The highest BCUT2D eigenvalue weighted by molar-refractivity contribution is 7.71. The van der Waals surface area contributed by atoms with Crippen LogP contribution in [0.1, 0.15) is 24.5 Å². The Morgan fingerprint density at radius 2 is 1.85 bits per heavy atom. The molecule has 0 radical (unpaired) electrons. The van der Waals surface area contributed by atoms with Gasteiger partial charge in [0.25, 0.3) is 0 Å². The number of benzene rings is 1. The lowest BCUT2D eigenvalue weighted by molar-refractivity contribution is 0.243.